The number of pyridine rings is 1. The summed E-state index contributed by atoms with van der Waals surface area (Å²) in [6, 6.07) is 11.6. The lowest BCUT2D eigenvalue weighted by Crippen LogP contribution is -2.47. The number of nitrogens with one attached hydrogen (secondary N) is 1. The molecule has 1 N–H and O–H groups in total. The predicted octanol–water partition coefficient (Wildman–Crippen LogP) is 3.48. The van der Waals surface area contributed by atoms with E-state index in [-0.39, 0.29) is 5.91 Å². The Hall–Kier alpha value is -2.66. The molecule has 0 fully saturated rings. The van der Waals surface area contributed by atoms with E-state index >= 15 is 0 Å². The van der Waals surface area contributed by atoms with Gasteiger partial charge in [-0.3, -0.25) is 9.78 Å². The van der Waals surface area contributed by atoms with Crippen LogP contribution in [0.25, 0.3) is 12.2 Å². The lowest BCUT2D eigenvalue weighted by Gasteiger charge is -2.25. The van der Waals surface area contributed by atoms with Crippen LogP contribution in [-0.4, -0.2) is 48.6 Å². The highest BCUT2D eigenvalue weighted by atomic mass is 16.5. The number of aromatic nitrogens is 1. The molecule has 0 spiro atoms. The molecule has 1 heterocycles. The number of ether oxygens (including phenoxy) is 1. The number of amides is 1. The van der Waals surface area contributed by atoms with E-state index in [1.54, 1.807) is 26.2 Å². The fourth-order valence-corrected chi connectivity index (χ4v) is 2.47. The first-order chi connectivity index (χ1) is 12.9. The Bertz CT molecular complexity index is 738. The first kappa shape index (κ1) is 20.6. The summed E-state index contributed by atoms with van der Waals surface area (Å²) in [5.74, 6) is 0.562. The van der Waals surface area contributed by atoms with Crippen molar-refractivity contribution in [3.63, 3.8) is 0 Å². The molecule has 0 aliphatic heterocycles. The van der Waals surface area contributed by atoms with Gasteiger partial charge in [0.2, 0.25) is 0 Å². The van der Waals surface area contributed by atoms with E-state index in [4.69, 9.17) is 4.74 Å². The number of rotatable bonds is 9. The summed E-state index contributed by atoms with van der Waals surface area (Å²) >= 11 is 0. The van der Waals surface area contributed by atoms with Gasteiger partial charge in [-0.25, -0.2) is 0 Å². The van der Waals surface area contributed by atoms with Gasteiger partial charge in [0.25, 0.3) is 5.91 Å². The van der Waals surface area contributed by atoms with E-state index in [0.29, 0.717) is 12.3 Å². The van der Waals surface area contributed by atoms with Gasteiger partial charge in [0, 0.05) is 18.9 Å². The lowest BCUT2D eigenvalue weighted by molar-refractivity contribution is -0.134. The fourth-order valence-electron chi connectivity index (χ4n) is 2.47. The smallest absolute Gasteiger partial charge is 0.263 e. The second-order valence-electron chi connectivity index (χ2n) is 7.21. The van der Waals surface area contributed by atoms with Gasteiger partial charge < -0.3 is 15.0 Å². The molecular formula is C22H29N3O2. The Labute approximate surface area is 162 Å². The molecule has 0 saturated heterocycles. The van der Waals surface area contributed by atoms with Crippen LogP contribution in [-0.2, 0) is 4.79 Å². The molecule has 0 radical (unpaired) electrons. The van der Waals surface area contributed by atoms with E-state index in [0.717, 1.165) is 24.1 Å². The predicted molar refractivity (Wildman–Crippen MR) is 110 cm³/mol. The van der Waals surface area contributed by atoms with Crippen LogP contribution in [0.2, 0.25) is 0 Å². The molecule has 2 rings (SSSR count). The third-order valence-electron chi connectivity index (χ3n) is 4.04. The van der Waals surface area contributed by atoms with Gasteiger partial charge in [-0.15, -0.1) is 0 Å². The van der Waals surface area contributed by atoms with Gasteiger partial charge in [-0.1, -0.05) is 24.3 Å². The van der Waals surface area contributed by atoms with Gasteiger partial charge in [-0.2, -0.15) is 0 Å². The summed E-state index contributed by atoms with van der Waals surface area (Å²) in [5, 5.41) is 2.94. The maximum absolute atomic E-state index is 12.4. The second-order valence-corrected chi connectivity index (χ2v) is 7.21. The zero-order chi connectivity index (χ0) is 19.7. The molecule has 1 aromatic heterocycles. The molecule has 0 saturated carbocycles. The first-order valence-electron chi connectivity index (χ1n) is 9.17. The largest absolute Gasteiger partial charge is 0.478 e. The number of hydrogen-bond acceptors (Lipinski definition) is 4. The van der Waals surface area contributed by atoms with Crippen molar-refractivity contribution in [2.24, 2.45) is 0 Å². The Balaban J connectivity index is 1.88. The first-order valence-corrected chi connectivity index (χ1v) is 9.17. The molecule has 5 heteroatoms. The van der Waals surface area contributed by atoms with E-state index in [2.05, 4.69) is 15.2 Å². The van der Waals surface area contributed by atoms with Crippen molar-refractivity contribution in [1.82, 2.24) is 15.2 Å². The molecule has 0 aliphatic carbocycles. The van der Waals surface area contributed by atoms with Crippen LogP contribution < -0.4 is 10.1 Å². The Morgan fingerprint density at radius 2 is 1.67 bits per heavy atom. The van der Waals surface area contributed by atoms with Crippen LogP contribution in [0.15, 0.2) is 48.8 Å². The van der Waals surface area contributed by atoms with Crippen molar-refractivity contribution in [2.45, 2.75) is 25.9 Å². The van der Waals surface area contributed by atoms with Crippen molar-refractivity contribution in [2.75, 3.05) is 27.2 Å². The van der Waals surface area contributed by atoms with E-state index in [1.165, 1.54) is 0 Å². The zero-order valence-corrected chi connectivity index (χ0v) is 16.6. The number of carbonyl (C=O) groups is 1. The quantitative estimate of drug-likeness (QED) is 0.690. The average molecular weight is 367 g/mol. The molecule has 5 nitrogen and oxygen atoms in total. The van der Waals surface area contributed by atoms with E-state index in [1.807, 2.05) is 62.6 Å². The Morgan fingerprint density at radius 1 is 1.07 bits per heavy atom. The average Bonchev–Trinajstić information content (AvgIpc) is 2.65. The topological polar surface area (TPSA) is 54.5 Å². The fraction of sp³-hybridized carbons (Fsp3) is 0.364. The van der Waals surface area contributed by atoms with E-state index in [9.17, 15) is 4.79 Å². The number of benzene rings is 1. The summed E-state index contributed by atoms with van der Waals surface area (Å²) in [5.41, 5.74) is 1.23. The molecule has 0 aliphatic rings. The summed E-state index contributed by atoms with van der Waals surface area (Å²) in [7, 11) is 4.04. The highest BCUT2D eigenvalue weighted by Crippen LogP contribution is 2.20. The highest BCUT2D eigenvalue weighted by molar-refractivity contribution is 5.84. The van der Waals surface area contributed by atoms with Gasteiger partial charge in [0.1, 0.15) is 5.75 Å². The van der Waals surface area contributed by atoms with Gasteiger partial charge in [0.15, 0.2) is 5.60 Å². The van der Waals surface area contributed by atoms with Gasteiger partial charge in [0.05, 0.1) is 0 Å². The van der Waals surface area contributed by atoms with Gasteiger partial charge in [-0.05, 0) is 76.3 Å². The summed E-state index contributed by atoms with van der Waals surface area (Å²) < 4.78 is 5.90. The minimum absolute atomic E-state index is 0.108. The number of carbonyl (C=O) groups excluding carboxylic acids is 1. The minimum Gasteiger partial charge on any atom is -0.478 e. The number of hydrogen-bond donors (Lipinski definition) is 1. The molecule has 27 heavy (non-hydrogen) atoms. The molecule has 0 unspecified atom stereocenters. The molecule has 144 valence electrons. The van der Waals surface area contributed by atoms with Crippen LogP contribution in [0.3, 0.4) is 0 Å². The second kappa shape index (κ2) is 9.88. The Morgan fingerprint density at radius 3 is 2.26 bits per heavy atom. The van der Waals surface area contributed by atoms with Crippen LogP contribution in [0.5, 0.6) is 5.75 Å². The van der Waals surface area contributed by atoms with Crippen molar-refractivity contribution < 1.29 is 9.53 Å². The summed E-state index contributed by atoms with van der Waals surface area (Å²) in [4.78, 5) is 18.5. The maximum atomic E-state index is 12.4. The Kier molecular flexibility index (Phi) is 7.55. The van der Waals surface area contributed by atoms with Crippen LogP contribution in [0, 0.1) is 0 Å². The highest BCUT2D eigenvalue weighted by Gasteiger charge is 2.29. The van der Waals surface area contributed by atoms with E-state index < -0.39 is 5.60 Å². The lowest BCUT2D eigenvalue weighted by atomic mass is 10.1. The summed E-state index contributed by atoms with van der Waals surface area (Å²) in [6.07, 6.45) is 8.51. The monoisotopic (exact) mass is 367 g/mol. The van der Waals surface area contributed by atoms with Gasteiger partial charge >= 0.3 is 0 Å². The molecule has 1 amide bonds. The molecule has 0 atom stereocenters. The van der Waals surface area contributed by atoms with Crippen molar-refractivity contribution >= 4 is 18.1 Å². The third kappa shape index (κ3) is 7.23. The molecule has 1 aromatic carbocycles. The van der Waals surface area contributed by atoms with Crippen molar-refractivity contribution in [3.8, 4) is 5.75 Å². The molecule has 0 bridgehead atoms. The minimum atomic E-state index is -0.924. The maximum Gasteiger partial charge on any atom is 0.263 e. The number of nitrogens with zero attached hydrogens (tertiary/aromatic N) is 2. The SMILES string of the molecule is CN(C)CCCNC(=O)C(C)(C)Oc1ccc(/C=C/c2ccncc2)cc1. The van der Waals surface area contributed by atoms with Crippen LogP contribution in [0.1, 0.15) is 31.4 Å². The zero-order valence-electron chi connectivity index (χ0n) is 16.6. The third-order valence-corrected chi connectivity index (χ3v) is 4.04. The standard InChI is InChI=1S/C22H29N3O2/c1-22(2,21(26)24-14-5-17-25(3)4)27-20-10-8-18(9-11-20)6-7-19-12-15-23-16-13-19/h6-13,15-16H,5,14,17H2,1-4H3,(H,24,26)/b7-6+. The molecular weight excluding hydrogens is 338 g/mol. The molecule has 2 aromatic rings. The normalized spacial score (nSPS) is 11.7. The van der Waals surface area contributed by atoms with Crippen molar-refractivity contribution in [1.29, 1.82) is 0 Å². The van der Waals surface area contributed by atoms with Crippen LogP contribution >= 0.6 is 0 Å². The summed E-state index contributed by atoms with van der Waals surface area (Å²) in [6.45, 7) is 5.15. The van der Waals surface area contributed by atoms with Crippen molar-refractivity contribution in [3.05, 3.63) is 59.9 Å². The van der Waals surface area contributed by atoms with Crippen LogP contribution in [0.4, 0.5) is 0 Å².